The SMILES string of the molecule is CC(=O)NC1=NN(C(C)=O)C2(S1)C(=O)N(CCOc1ccccc1Cl)c1c(C)cccc12. The van der Waals surface area contributed by atoms with Crippen molar-refractivity contribution in [1.82, 2.24) is 10.3 Å². The molecule has 0 aliphatic carbocycles. The Labute approximate surface area is 194 Å². The maximum atomic E-state index is 13.8. The van der Waals surface area contributed by atoms with Crippen molar-refractivity contribution < 1.29 is 19.1 Å². The number of anilines is 1. The molecule has 4 rings (SSSR count). The molecule has 0 saturated heterocycles. The average molecular weight is 473 g/mol. The third-order valence-electron chi connectivity index (χ3n) is 5.13. The molecule has 0 aromatic heterocycles. The van der Waals surface area contributed by atoms with Crippen LogP contribution in [-0.2, 0) is 19.3 Å². The molecule has 32 heavy (non-hydrogen) atoms. The molecule has 1 spiro atoms. The molecule has 10 heteroatoms. The number of aryl methyl sites for hydroxylation is 1. The van der Waals surface area contributed by atoms with Crippen molar-refractivity contribution in [2.75, 3.05) is 18.1 Å². The Morgan fingerprint density at radius 2 is 1.94 bits per heavy atom. The van der Waals surface area contributed by atoms with E-state index >= 15 is 0 Å². The predicted molar refractivity (Wildman–Crippen MR) is 124 cm³/mol. The van der Waals surface area contributed by atoms with Gasteiger partial charge >= 0.3 is 0 Å². The molecule has 2 aromatic carbocycles. The molecule has 2 aromatic rings. The summed E-state index contributed by atoms with van der Waals surface area (Å²) in [5, 5.41) is 8.68. The highest BCUT2D eigenvalue weighted by Crippen LogP contribution is 2.55. The number of fused-ring (bicyclic) bond motifs is 2. The molecule has 0 fully saturated rings. The number of benzene rings is 2. The summed E-state index contributed by atoms with van der Waals surface area (Å²) < 4.78 is 5.80. The second-order valence-corrected chi connectivity index (χ2v) is 8.96. The van der Waals surface area contributed by atoms with Gasteiger partial charge in [0.15, 0.2) is 5.17 Å². The number of thioether (sulfide) groups is 1. The third-order valence-corrected chi connectivity index (χ3v) is 6.68. The van der Waals surface area contributed by atoms with Crippen LogP contribution >= 0.6 is 23.4 Å². The molecule has 0 radical (unpaired) electrons. The lowest BCUT2D eigenvalue weighted by Gasteiger charge is -2.29. The van der Waals surface area contributed by atoms with E-state index < -0.39 is 10.8 Å². The Morgan fingerprint density at radius 3 is 2.62 bits per heavy atom. The van der Waals surface area contributed by atoms with E-state index in [1.165, 1.54) is 13.8 Å². The van der Waals surface area contributed by atoms with E-state index in [9.17, 15) is 14.4 Å². The number of hydrazone groups is 1. The van der Waals surface area contributed by atoms with E-state index in [2.05, 4.69) is 10.4 Å². The van der Waals surface area contributed by atoms with Crippen LogP contribution in [0.2, 0.25) is 5.02 Å². The number of halogens is 1. The largest absolute Gasteiger partial charge is 0.490 e. The van der Waals surface area contributed by atoms with Gasteiger partial charge in [-0.15, -0.1) is 5.10 Å². The maximum absolute atomic E-state index is 13.8. The Morgan fingerprint density at radius 1 is 1.19 bits per heavy atom. The van der Waals surface area contributed by atoms with Gasteiger partial charge in [-0.3, -0.25) is 14.4 Å². The molecule has 1 unspecified atom stereocenters. The highest BCUT2D eigenvalue weighted by Gasteiger charge is 2.61. The first-order valence-electron chi connectivity index (χ1n) is 9.91. The van der Waals surface area contributed by atoms with Crippen molar-refractivity contribution in [2.24, 2.45) is 5.10 Å². The minimum absolute atomic E-state index is 0.197. The zero-order chi connectivity index (χ0) is 23.0. The lowest BCUT2D eigenvalue weighted by Crippen LogP contribution is -2.49. The second kappa shape index (κ2) is 8.48. The summed E-state index contributed by atoms with van der Waals surface area (Å²) in [7, 11) is 0. The van der Waals surface area contributed by atoms with Gasteiger partial charge in [0.05, 0.1) is 17.3 Å². The number of hydrogen-bond acceptors (Lipinski definition) is 6. The van der Waals surface area contributed by atoms with Crippen molar-refractivity contribution in [3.8, 4) is 5.75 Å². The van der Waals surface area contributed by atoms with Gasteiger partial charge in [0.2, 0.25) is 16.7 Å². The van der Waals surface area contributed by atoms with Crippen LogP contribution in [-0.4, -0.2) is 41.0 Å². The van der Waals surface area contributed by atoms with Crippen LogP contribution in [0.25, 0.3) is 0 Å². The number of nitrogens with one attached hydrogen (secondary N) is 1. The summed E-state index contributed by atoms with van der Waals surface area (Å²) in [4.78, 5) is 38.1. The van der Waals surface area contributed by atoms with E-state index in [4.69, 9.17) is 16.3 Å². The molecule has 166 valence electrons. The number of para-hydroxylation sites is 2. The second-order valence-electron chi connectivity index (χ2n) is 7.37. The molecule has 2 heterocycles. The number of nitrogens with zero attached hydrogens (tertiary/aromatic N) is 3. The van der Waals surface area contributed by atoms with Crippen molar-refractivity contribution >= 4 is 51.9 Å². The molecule has 1 atom stereocenters. The molecule has 2 aliphatic rings. The number of carbonyl (C=O) groups excluding carboxylic acids is 3. The van der Waals surface area contributed by atoms with Gasteiger partial charge in [-0.05, 0) is 36.4 Å². The molecule has 0 bridgehead atoms. The summed E-state index contributed by atoms with van der Waals surface area (Å²) in [5.41, 5.74) is 2.23. The number of hydrogen-bond donors (Lipinski definition) is 1. The average Bonchev–Trinajstić information content (AvgIpc) is 3.22. The monoisotopic (exact) mass is 472 g/mol. The van der Waals surface area contributed by atoms with E-state index in [1.807, 2.05) is 37.3 Å². The van der Waals surface area contributed by atoms with Crippen LogP contribution in [0.1, 0.15) is 25.0 Å². The Kier molecular flexibility index (Phi) is 5.87. The van der Waals surface area contributed by atoms with Crippen molar-refractivity contribution in [3.63, 3.8) is 0 Å². The first kappa shape index (κ1) is 22.2. The van der Waals surface area contributed by atoms with Crippen LogP contribution in [0, 0.1) is 6.92 Å². The fraction of sp³-hybridized carbons (Fsp3) is 0.273. The minimum atomic E-state index is -1.42. The number of amidine groups is 1. The minimum Gasteiger partial charge on any atom is -0.490 e. The lowest BCUT2D eigenvalue weighted by molar-refractivity contribution is -0.139. The highest BCUT2D eigenvalue weighted by molar-refractivity contribution is 8.15. The van der Waals surface area contributed by atoms with Gasteiger partial charge in [0.25, 0.3) is 5.91 Å². The lowest BCUT2D eigenvalue weighted by atomic mass is 10.0. The molecular weight excluding hydrogens is 452 g/mol. The summed E-state index contributed by atoms with van der Waals surface area (Å²) in [5.74, 6) is -0.546. The van der Waals surface area contributed by atoms with Crippen molar-refractivity contribution in [3.05, 3.63) is 58.6 Å². The van der Waals surface area contributed by atoms with Crippen LogP contribution in [0.4, 0.5) is 5.69 Å². The summed E-state index contributed by atoms with van der Waals surface area (Å²) >= 11 is 7.21. The molecular formula is C22H21ClN4O4S. The molecule has 2 aliphatic heterocycles. The normalized spacial score (nSPS) is 19.2. The fourth-order valence-electron chi connectivity index (χ4n) is 3.87. The van der Waals surface area contributed by atoms with Crippen LogP contribution in [0.15, 0.2) is 47.6 Å². The summed E-state index contributed by atoms with van der Waals surface area (Å²) in [6.07, 6.45) is 0. The third kappa shape index (κ3) is 3.61. The zero-order valence-corrected chi connectivity index (χ0v) is 19.3. The van der Waals surface area contributed by atoms with Crippen LogP contribution in [0.3, 0.4) is 0 Å². The Bertz CT molecular complexity index is 1150. The Balaban J connectivity index is 1.68. The Hall–Kier alpha value is -3.04. The van der Waals surface area contributed by atoms with Crippen LogP contribution < -0.4 is 15.0 Å². The summed E-state index contributed by atoms with van der Waals surface area (Å²) in [6.45, 7) is 5.03. The van der Waals surface area contributed by atoms with E-state index in [0.29, 0.717) is 22.0 Å². The maximum Gasteiger partial charge on any atom is 0.270 e. The quantitative estimate of drug-likeness (QED) is 0.737. The number of rotatable bonds is 4. The number of ether oxygens (including phenoxy) is 1. The zero-order valence-electron chi connectivity index (χ0n) is 17.7. The van der Waals surface area contributed by atoms with Crippen LogP contribution in [0.5, 0.6) is 5.75 Å². The standard InChI is InChI=1S/C22H21ClN4O4S/c1-13-7-6-8-16-19(13)26(11-12-31-18-10-5-4-9-17(18)23)20(30)22(16)27(15(3)29)25-21(32-22)24-14(2)28/h4-10H,11-12H2,1-3H3,(H,24,25,28). The van der Waals surface area contributed by atoms with E-state index in [-0.39, 0.29) is 30.1 Å². The van der Waals surface area contributed by atoms with Gasteiger partial charge in [-0.1, -0.05) is 41.9 Å². The first-order valence-corrected chi connectivity index (χ1v) is 11.1. The molecule has 0 saturated carbocycles. The summed E-state index contributed by atoms with van der Waals surface area (Å²) in [6, 6.07) is 12.7. The molecule has 1 N–H and O–H groups in total. The number of amides is 3. The van der Waals surface area contributed by atoms with Gasteiger partial charge in [-0.2, -0.15) is 5.01 Å². The van der Waals surface area contributed by atoms with Crippen molar-refractivity contribution in [2.45, 2.75) is 25.6 Å². The first-order chi connectivity index (χ1) is 15.3. The number of carbonyl (C=O) groups is 3. The smallest absolute Gasteiger partial charge is 0.270 e. The van der Waals surface area contributed by atoms with Gasteiger partial charge in [0.1, 0.15) is 12.4 Å². The highest BCUT2D eigenvalue weighted by atomic mass is 35.5. The topological polar surface area (TPSA) is 91.3 Å². The van der Waals surface area contributed by atoms with E-state index in [1.54, 1.807) is 17.0 Å². The fourth-order valence-corrected chi connectivity index (χ4v) is 5.39. The van der Waals surface area contributed by atoms with Gasteiger partial charge in [0, 0.05) is 19.4 Å². The molecule has 3 amide bonds. The van der Waals surface area contributed by atoms with Gasteiger partial charge in [-0.25, -0.2) is 0 Å². The molecule has 8 nitrogen and oxygen atoms in total. The van der Waals surface area contributed by atoms with Crippen molar-refractivity contribution in [1.29, 1.82) is 0 Å². The van der Waals surface area contributed by atoms with E-state index in [0.717, 1.165) is 22.3 Å². The van der Waals surface area contributed by atoms with Gasteiger partial charge < -0.3 is 15.0 Å². The predicted octanol–water partition coefficient (Wildman–Crippen LogP) is 3.23.